The average molecular weight is 294 g/mol. The molecule has 0 unspecified atom stereocenters. The van der Waals surface area contributed by atoms with Gasteiger partial charge in [-0.1, -0.05) is 13.8 Å². The second kappa shape index (κ2) is 10.6. The van der Waals surface area contributed by atoms with Gasteiger partial charge in [0.25, 0.3) is 0 Å². The fraction of sp³-hybridized carbons (Fsp3) is 0.455. The molecule has 0 aromatic heterocycles. The summed E-state index contributed by atoms with van der Waals surface area (Å²) >= 11 is 0. The Hall–Kier alpha value is -1.35. The summed E-state index contributed by atoms with van der Waals surface area (Å²) in [6.45, 7) is 8.90. The highest BCUT2D eigenvalue weighted by Crippen LogP contribution is 2.18. The van der Waals surface area contributed by atoms with Crippen LogP contribution >= 0.6 is 0 Å². The number of benzene rings is 1. The van der Waals surface area contributed by atoms with Crippen molar-refractivity contribution in [1.82, 2.24) is 0 Å². The van der Waals surface area contributed by atoms with Gasteiger partial charge in [0.15, 0.2) is 0 Å². The van der Waals surface area contributed by atoms with E-state index in [0.717, 1.165) is 23.5 Å². The maximum absolute atomic E-state index is 8.74. The summed E-state index contributed by atoms with van der Waals surface area (Å²) in [5, 5.41) is 11.9. The van der Waals surface area contributed by atoms with Gasteiger partial charge in [-0.2, -0.15) is 8.42 Å². The fourth-order valence-electron chi connectivity index (χ4n) is 1.10. The zero-order valence-electron chi connectivity index (χ0n) is 11.5. The lowest BCUT2D eigenvalue weighted by molar-refractivity contribution is 0.380. The minimum absolute atomic E-state index is 0.747. The zero-order chi connectivity index (χ0) is 15.5. The molecule has 0 radical (unpaired) electrons. The van der Waals surface area contributed by atoms with Gasteiger partial charge in [0, 0.05) is 12.2 Å². The number of nitrogens with one attached hydrogen (secondary N) is 2. The van der Waals surface area contributed by atoms with Crippen LogP contribution in [0.1, 0.15) is 26.3 Å². The Balaban J connectivity index is 0. The van der Waals surface area contributed by atoms with Crippen molar-refractivity contribution in [2.24, 2.45) is 0 Å². The first-order valence-electron chi connectivity index (χ1n) is 5.72. The molecule has 0 aliphatic heterocycles. The van der Waals surface area contributed by atoms with Gasteiger partial charge in [-0.3, -0.25) is 19.8 Å². The van der Waals surface area contributed by atoms with Gasteiger partial charge < -0.3 is 5.32 Å². The summed E-state index contributed by atoms with van der Waals surface area (Å²) in [5.74, 6) is 0. The third-order valence-electron chi connectivity index (χ3n) is 1.73. The molecule has 0 saturated carbocycles. The van der Waals surface area contributed by atoms with E-state index in [0.29, 0.717) is 0 Å². The predicted molar refractivity (Wildman–Crippen MR) is 76.3 cm³/mol. The summed E-state index contributed by atoms with van der Waals surface area (Å²) in [7, 11) is -4.67. The number of hydrogen-bond donors (Lipinski definition) is 5. The molecule has 0 spiro atoms. The minimum atomic E-state index is -4.67. The molecule has 8 heteroatoms. The molecular weight excluding hydrogens is 272 g/mol. The van der Waals surface area contributed by atoms with Crippen LogP contribution in [0.2, 0.25) is 0 Å². The van der Waals surface area contributed by atoms with Crippen LogP contribution in [-0.4, -0.2) is 29.3 Å². The summed E-state index contributed by atoms with van der Waals surface area (Å²) < 4.78 is 31.6. The van der Waals surface area contributed by atoms with E-state index in [9.17, 15) is 0 Å². The van der Waals surface area contributed by atoms with E-state index in [1.807, 2.05) is 45.9 Å². The molecule has 0 saturated heterocycles. The van der Waals surface area contributed by atoms with E-state index < -0.39 is 10.4 Å². The monoisotopic (exact) mass is 294 g/mol. The van der Waals surface area contributed by atoms with Crippen molar-refractivity contribution in [2.45, 2.75) is 27.7 Å². The Morgan fingerprint density at radius 3 is 2.00 bits per heavy atom. The van der Waals surface area contributed by atoms with Gasteiger partial charge in [-0.25, -0.2) is 0 Å². The van der Waals surface area contributed by atoms with Crippen molar-refractivity contribution < 1.29 is 22.7 Å². The van der Waals surface area contributed by atoms with E-state index in [1.54, 1.807) is 0 Å². The molecule has 1 aromatic rings. The Morgan fingerprint density at radius 1 is 1.21 bits per heavy atom. The quantitative estimate of drug-likeness (QED) is 0.429. The Morgan fingerprint density at radius 2 is 1.68 bits per heavy atom. The molecule has 112 valence electrons. The van der Waals surface area contributed by atoms with E-state index in [4.69, 9.17) is 22.7 Å². The Kier molecular flexibility index (Phi) is 11.1. The van der Waals surface area contributed by atoms with Crippen LogP contribution in [0.4, 0.5) is 11.4 Å². The molecular formula is C11H22N2O5S. The van der Waals surface area contributed by atoms with Gasteiger partial charge in [-0.15, -0.1) is 0 Å². The molecule has 1 rings (SSSR count). The molecule has 19 heavy (non-hydrogen) atoms. The van der Waals surface area contributed by atoms with Crippen molar-refractivity contribution in [3.8, 4) is 0 Å². The number of aryl methyl sites for hydroxylation is 1. The van der Waals surface area contributed by atoms with Crippen LogP contribution in [-0.2, 0) is 10.4 Å². The van der Waals surface area contributed by atoms with E-state index in [2.05, 4.69) is 10.8 Å². The first kappa shape index (κ1) is 20.0. The largest absolute Gasteiger partial charge is 0.394 e. The van der Waals surface area contributed by atoms with E-state index >= 15 is 0 Å². The second-order valence-electron chi connectivity index (χ2n) is 3.12. The van der Waals surface area contributed by atoms with Gasteiger partial charge in [-0.05, 0) is 37.6 Å². The van der Waals surface area contributed by atoms with E-state index in [1.165, 1.54) is 0 Å². The van der Waals surface area contributed by atoms with Crippen molar-refractivity contribution in [3.05, 3.63) is 23.8 Å². The standard InChI is InChI=1S/C9H14N2O.C2H6.H2O4S/c1-3-10-8-4-5-9(11-12)7(2)6-8;1-2;1-5(2,3)4/h4-6,10-12H,3H2,1-2H3;1-2H3;(H2,1,2,3,4). The Bertz CT molecular complexity index is 440. The van der Waals surface area contributed by atoms with Gasteiger partial charge >= 0.3 is 10.4 Å². The highest BCUT2D eigenvalue weighted by atomic mass is 32.3. The first-order chi connectivity index (χ1) is 8.77. The lowest BCUT2D eigenvalue weighted by Gasteiger charge is -2.07. The predicted octanol–water partition coefficient (Wildman–Crippen LogP) is 2.60. The molecule has 7 nitrogen and oxygen atoms in total. The molecule has 1 aromatic carbocycles. The van der Waals surface area contributed by atoms with Gasteiger partial charge in [0.1, 0.15) is 0 Å². The summed E-state index contributed by atoms with van der Waals surface area (Å²) in [5.41, 5.74) is 4.99. The molecule has 0 heterocycles. The topological polar surface area (TPSA) is 119 Å². The molecule has 0 bridgehead atoms. The van der Waals surface area contributed by atoms with Crippen molar-refractivity contribution in [3.63, 3.8) is 0 Å². The van der Waals surface area contributed by atoms with Crippen molar-refractivity contribution in [2.75, 3.05) is 17.3 Å². The highest BCUT2D eigenvalue weighted by Gasteiger charge is 1.96. The summed E-state index contributed by atoms with van der Waals surface area (Å²) in [6.07, 6.45) is 0. The molecule has 0 fully saturated rings. The number of hydrogen-bond acceptors (Lipinski definition) is 5. The maximum atomic E-state index is 8.74. The molecule has 0 amide bonds. The van der Waals surface area contributed by atoms with Crippen molar-refractivity contribution >= 4 is 21.8 Å². The van der Waals surface area contributed by atoms with Crippen LogP contribution in [0, 0.1) is 6.92 Å². The van der Waals surface area contributed by atoms with Gasteiger partial charge in [0.05, 0.1) is 5.69 Å². The lowest BCUT2D eigenvalue weighted by Crippen LogP contribution is -1.98. The Labute approximate surface area is 114 Å². The molecule has 0 aliphatic carbocycles. The third-order valence-corrected chi connectivity index (χ3v) is 1.73. The number of anilines is 2. The van der Waals surface area contributed by atoms with Gasteiger partial charge in [0.2, 0.25) is 0 Å². The third kappa shape index (κ3) is 12.9. The SMILES string of the molecule is CC.CCNc1ccc(NO)c(C)c1.O=S(=O)(O)O. The smallest absolute Gasteiger partial charge is 0.385 e. The van der Waals surface area contributed by atoms with Crippen molar-refractivity contribution in [1.29, 1.82) is 0 Å². The second-order valence-corrected chi connectivity index (χ2v) is 4.02. The lowest BCUT2D eigenvalue weighted by atomic mass is 10.2. The first-order valence-corrected chi connectivity index (χ1v) is 7.12. The van der Waals surface area contributed by atoms with E-state index in [-0.39, 0.29) is 0 Å². The van der Waals surface area contributed by atoms with Crippen LogP contribution < -0.4 is 10.8 Å². The molecule has 0 aliphatic rings. The fourth-order valence-corrected chi connectivity index (χ4v) is 1.10. The number of rotatable bonds is 3. The van der Waals surface area contributed by atoms with Crippen LogP contribution in [0.25, 0.3) is 0 Å². The normalized spacial score (nSPS) is 9.42. The molecule has 5 N–H and O–H groups in total. The summed E-state index contributed by atoms with van der Waals surface area (Å²) in [4.78, 5) is 0. The summed E-state index contributed by atoms with van der Waals surface area (Å²) in [6, 6.07) is 5.75. The highest BCUT2D eigenvalue weighted by molar-refractivity contribution is 7.79. The molecule has 0 atom stereocenters. The maximum Gasteiger partial charge on any atom is 0.394 e. The average Bonchev–Trinajstić information content (AvgIpc) is 2.30. The van der Waals surface area contributed by atoms with Crippen LogP contribution in [0.5, 0.6) is 0 Å². The van der Waals surface area contributed by atoms with Crippen LogP contribution in [0.3, 0.4) is 0 Å². The zero-order valence-corrected chi connectivity index (χ0v) is 12.3. The minimum Gasteiger partial charge on any atom is -0.385 e. The van der Waals surface area contributed by atoms with Crippen LogP contribution in [0.15, 0.2) is 18.2 Å².